The highest BCUT2D eigenvalue weighted by molar-refractivity contribution is 7.89. The van der Waals surface area contributed by atoms with Gasteiger partial charge >= 0.3 is 0 Å². The first-order valence-electron chi connectivity index (χ1n) is 6.33. The molecule has 0 saturated carbocycles. The highest BCUT2D eigenvalue weighted by Gasteiger charge is 2.19. The first-order valence-corrected chi connectivity index (χ1v) is 7.81. The minimum Gasteiger partial charge on any atom is -0.347 e. The molecule has 0 unspecified atom stereocenters. The first kappa shape index (κ1) is 14.8. The number of H-pyrrole nitrogens is 1. The second-order valence-electron chi connectivity index (χ2n) is 4.73. The number of aromatic nitrogens is 3. The molecular weight excluding hydrogens is 278 g/mol. The van der Waals surface area contributed by atoms with Crippen molar-refractivity contribution in [2.75, 3.05) is 0 Å². The fourth-order valence-corrected chi connectivity index (χ4v) is 2.97. The number of aromatic amines is 1. The molecule has 8 heteroatoms. The van der Waals surface area contributed by atoms with Gasteiger partial charge in [-0.1, -0.05) is 0 Å². The van der Waals surface area contributed by atoms with Crippen molar-refractivity contribution in [3.05, 3.63) is 36.2 Å². The van der Waals surface area contributed by atoms with Gasteiger partial charge in [0, 0.05) is 36.9 Å². The molecule has 0 aliphatic carbocycles. The summed E-state index contributed by atoms with van der Waals surface area (Å²) in [5.74, 6) is 0.566. The van der Waals surface area contributed by atoms with Gasteiger partial charge in [-0.25, -0.2) is 18.1 Å². The Kier molecular flexibility index (Phi) is 4.26. The van der Waals surface area contributed by atoms with E-state index in [-0.39, 0.29) is 17.5 Å². The molecule has 2 heterocycles. The standard InChI is InChI=1S/C12H19N5O2S/c1-9(2)17-8-11(5-10(17)6-13)20(18,19)16-7-12-14-3-4-15-12/h3-5,8-9,16H,6-7,13H2,1-2H3,(H,14,15). The number of rotatable bonds is 6. The SMILES string of the molecule is CC(C)n1cc(S(=O)(=O)NCc2ncc[nH]2)cc1CN. The summed E-state index contributed by atoms with van der Waals surface area (Å²) in [6, 6.07) is 1.76. The molecule has 0 radical (unpaired) electrons. The average molecular weight is 297 g/mol. The molecule has 0 amide bonds. The highest BCUT2D eigenvalue weighted by atomic mass is 32.2. The van der Waals surface area contributed by atoms with Crippen LogP contribution in [0.15, 0.2) is 29.6 Å². The van der Waals surface area contributed by atoms with Crippen LogP contribution in [0.25, 0.3) is 0 Å². The van der Waals surface area contributed by atoms with Gasteiger partial charge in [0.05, 0.1) is 11.4 Å². The average Bonchev–Trinajstić information content (AvgIpc) is 3.05. The number of sulfonamides is 1. The Morgan fingerprint density at radius 2 is 2.25 bits per heavy atom. The summed E-state index contributed by atoms with van der Waals surface area (Å²) in [4.78, 5) is 7.04. The fraction of sp³-hybridized carbons (Fsp3) is 0.417. The number of nitrogens with zero attached hydrogens (tertiary/aromatic N) is 2. The molecule has 0 atom stereocenters. The van der Waals surface area contributed by atoms with E-state index in [2.05, 4.69) is 14.7 Å². The van der Waals surface area contributed by atoms with Gasteiger partial charge in [0.25, 0.3) is 0 Å². The molecule has 4 N–H and O–H groups in total. The Morgan fingerprint density at radius 1 is 1.50 bits per heavy atom. The second kappa shape index (κ2) is 5.78. The summed E-state index contributed by atoms with van der Waals surface area (Å²) in [6.45, 7) is 4.38. The third-order valence-corrected chi connectivity index (χ3v) is 4.34. The molecule has 0 aromatic carbocycles. The van der Waals surface area contributed by atoms with E-state index in [9.17, 15) is 8.42 Å². The Bertz CT molecular complexity index is 658. The molecule has 7 nitrogen and oxygen atoms in total. The van der Waals surface area contributed by atoms with Crippen LogP contribution in [0.3, 0.4) is 0 Å². The van der Waals surface area contributed by atoms with E-state index in [0.717, 1.165) is 5.69 Å². The summed E-state index contributed by atoms with van der Waals surface area (Å²) < 4.78 is 28.8. The van der Waals surface area contributed by atoms with Gasteiger partial charge in [-0.3, -0.25) is 0 Å². The molecular formula is C12H19N5O2S. The van der Waals surface area contributed by atoms with Crippen molar-refractivity contribution in [1.82, 2.24) is 19.3 Å². The zero-order valence-corrected chi connectivity index (χ0v) is 12.3. The van der Waals surface area contributed by atoms with Crippen molar-refractivity contribution < 1.29 is 8.42 Å². The number of nitrogens with two attached hydrogens (primary N) is 1. The fourth-order valence-electron chi connectivity index (χ4n) is 1.93. The van der Waals surface area contributed by atoms with Crippen molar-refractivity contribution in [3.63, 3.8) is 0 Å². The van der Waals surface area contributed by atoms with E-state index in [1.54, 1.807) is 24.7 Å². The lowest BCUT2D eigenvalue weighted by Crippen LogP contribution is -2.23. The van der Waals surface area contributed by atoms with Crippen LogP contribution in [0.1, 0.15) is 31.4 Å². The van der Waals surface area contributed by atoms with E-state index >= 15 is 0 Å². The van der Waals surface area contributed by atoms with Crippen molar-refractivity contribution in [2.45, 2.75) is 37.9 Å². The largest absolute Gasteiger partial charge is 0.347 e. The summed E-state index contributed by atoms with van der Waals surface area (Å²) in [7, 11) is -3.57. The third kappa shape index (κ3) is 3.09. The minimum absolute atomic E-state index is 0.125. The van der Waals surface area contributed by atoms with Gasteiger partial charge in [0.15, 0.2) is 0 Å². The Hall–Kier alpha value is -1.64. The lowest BCUT2D eigenvalue weighted by molar-refractivity contribution is 0.568. The second-order valence-corrected chi connectivity index (χ2v) is 6.50. The molecule has 2 aromatic rings. The monoisotopic (exact) mass is 297 g/mol. The predicted molar refractivity (Wildman–Crippen MR) is 75.3 cm³/mol. The third-order valence-electron chi connectivity index (χ3n) is 2.97. The predicted octanol–water partition coefficient (Wildman–Crippen LogP) is 0.729. The van der Waals surface area contributed by atoms with Crippen molar-refractivity contribution in [1.29, 1.82) is 0 Å². The summed E-state index contributed by atoms with van der Waals surface area (Å²) in [5, 5.41) is 0. The maximum Gasteiger partial charge on any atom is 0.242 e. The van der Waals surface area contributed by atoms with Gasteiger partial charge < -0.3 is 15.3 Å². The zero-order chi connectivity index (χ0) is 14.8. The molecule has 0 bridgehead atoms. The van der Waals surface area contributed by atoms with Gasteiger partial charge in [0.1, 0.15) is 5.82 Å². The first-order chi connectivity index (χ1) is 9.44. The van der Waals surface area contributed by atoms with E-state index in [1.165, 1.54) is 0 Å². The van der Waals surface area contributed by atoms with Crippen molar-refractivity contribution >= 4 is 10.0 Å². The molecule has 0 saturated heterocycles. The van der Waals surface area contributed by atoms with Crippen LogP contribution in [0.4, 0.5) is 0 Å². The van der Waals surface area contributed by atoms with Gasteiger partial charge in [0.2, 0.25) is 10.0 Å². The summed E-state index contributed by atoms with van der Waals surface area (Å²) >= 11 is 0. The quantitative estimate of drug-likeness (QED) is 0.730. The number of imidazole rings is 1. The Balaban J connectivity index is 2.21. The molecule has 20 heavy (non-hydrogen) atoms. The minimum atomic E-state index is -3.57. The molecule has 0 aliphatic rings. The molecule has 2 aromatic heterocycles. The lowest BCUT2D eigenvalue weighted by atomic mass is 10.3. The molecule has 0 fully saturated rings. The van der Waals surface area contributed by atoms with E-state index in [1.807, 2.05) is 18.4 Å². The Morgan fingerprint density at radius 3 is 2.75 bits per heavy atom. The van der Waals surface area contributed by atoms with Gasteiger partial charge in [-0.05, 0) is 19.9 Å². The topological polar surface area (TPSA) is 106 Å². The molecule has 110 valence electrons. The summed E-state index contributed by atoms with van der Waals surface area (Å²) in [5.41, 5.74) is 6.44. The van der Waals surface area contributed by atoms with E-state index in [4.69, 9.17) is 5.73 Å². The van der Waals surface area contributed by atoms with Crippen LogP contribution in [0, 0.1) is 0 Å². The zero-order valence-electron chi connectivity index (χ0n) is 11.5. The highest BCUT2D eigenvalue weighted by Crippen LogP contribution is 2.18. The van der Waals surface area contributed by atoms with E-state index in [0.29, 0.717) is 12.4 Å². The van der Waals surface area contributed by atoms with E-state index < -0.39 is 10.0 Å². The summed E-state index contributed by atoms with van der Waals surface area (Å²) in [6.07, 6.45) is 4.83. The van der Waals surface area contributed by atoms with Crippen LogP contribution in [-0.2, 0) is 23.1 Å². The van der Waals surface area contributed by atoms with Crippen molar-refractivity contribution in [3.8, 4) is 0 Å². The van der Waals surface area contributed by atoms with Crippen LogP contribution >= 0.6 is 0 Å². The molecule has 2 rings (SSSR count). The normalized spacial score (nSPS) is 12.2. The number of hydrogen-bond donors (Lipinski definition) is 3. The maximum atomic E-state index is 12.2. The molecule has 0 aliphatic heterocycles. The Labute approximate surface area is 118 Å². The number of hydrogen-bond acceptors (Lipinski definition) is 4. The van der Waals surface area contributed by atoms with Gasteiger partial charge in [-0.2, -0.15) is 0 Å². The number of nitrogens with one attached hydrogen (secondary N) is 2. The van der Waals surface area contributed by atoms with Crippen molar-refractivity contribution in [2.24, 2.45) is 5.73 Å². The van der Waals surface area contributed by atoms with Crippen LogP contribution in [-0.4, -0.2) is 23.0 Å². The van der Waals surface area contributed by atoms with Crippen LogP contribution in [0.5, 0.6) is 0 Å². The van der Waals surface area contributed by atoms with Crippen LogP contribution < -0.4 is 10.5 Å². The maximum absolute atomic E-state index is 12.2. The van der Waals surface area contributed by atoms with Crippen LogP contribution in [0.2, 0.25) is 0 Å². The molecule has 0 spiro atoms. The van der Waals surface area contributed by atoms with Gasteiger partial charge in [-0.15, -0.1) is 0 Å². The lowest BCUT2D eigenvalue weighted by Gasteiger charge is -2.10. The smallest absolute Gasteiger partial charge is 0.242 e.